The van der Waals surface area contributed by atoms with Crippen molar-refractivity contribution in [3.05, 3.63) is 0 Å². The number of carbonyl (C=O) groups excluding carboxylic acids is 1. The van der Waals surface area contributed by atoms with Crippen LogP contribution in [-0.4, -0.2) is 34.2 Å². The minimum absolute atomic E-state index is 0.172. The lowest BCUT2D eigenvalue weighted by atomic mass is 10.0. The molecule has 0 aromatic carbocycles. The van der Waals surface area contributed by atoms with Gasteiger partial charge in [-0.25, -0.2) is 4.79 Å². The largest absolute Gasteiger partial charge is 0.480 e. The van der Waals surface area contributed by atoms with Crippen molar-refractivity contribution in [1.29, 1.82) is 0 Å². The lowest BCUT2D eigenvalue weighted by molar-refractivity contribution is -0.143. The molecule has 5 nitrogen and oxygen atoms in total. The molecule has 0 rings (SSSR count). The Labute approximate surface area is 83.1 Å². The first-order chi connectivity index (χ1) is 6.34. The summed E-state index contributed by atoms with van der Waals surface area (Å²) in [7, 11) is 0. The standard InChI is InChI=1S/C9H17NO4/c1-5(2)4-7(9(13)14)10-8(12)6(3)11/h5-7,11H,4H2,1-3H3,(H,10,12)(H,13,14). The van der Waals surface area contributed by atoms with Gasteiger partial charge in [-0.1, -0.05) is 13.8 Å². The van der Waals surface area contributed by atoms with Crippen molar-refractivity contribution < 1.29 is 19.8 Å². The molecule has 0 saturated heterocycles. The highest BCUT2D eigenvalue weighted by atomic mass is 16.4. The van der Waals surface area contributed by atoms with E-state index in [0.717, 1.165) is 0 Å². The average molecular weight is 203 g/mol. The smallest absolute Gasteiger partial charge is 0.326 e. The van der Waals surface area contributed by atoms with E-state index in [1.54, 1.807) is 0 Å². The Kier molecular flexibility index (Phi) is 5.15. The predicted octanol–water partition coefficient (Wildman–Crippen LogP) is -0.0173. The third-order valence-corrected chi connectivity index (χ3v) is 1.70. The van der Waals surface area contributed by atoms with E-state index in [-0.39, 0.29) is 5.92 Å². The molecule has 5 heteroatoms. The molecule has 14 heavy (non-hydrogen) atoms. The monoisotopic (exact) mass is 203 g/mol. The molecule has 1 amide bonds. The van der Waals surface area contributed by atoms with E-state index in [0.29, 0.717) is 6.42 Å². The fraction of sp³-hybridized carbons (Fsp3) is 0.778. The number of carboxylic acid groups (broad SMARTS) is 1. The molecule has 0 aromatic rings. The van der Waals surface area contributed by atoms with Crippen LogP contribution < -0.4 is 5.32 Å². The Morgan fingerprint density at radius 1 is 1.29 bits per heavy atom. The van der Waals surface area contributed by atoms with Crippen LogP contribution in [0.15, 0.2) is 0 Å². The highest BCUT2D eigenvalue weighted by Crippen LogP contribution is 2.05. The van der Waals surface area contributed by atoms with E-state index in [1.807, 2.05) is 13.8 Å². The fourth-order valence-electron chi connectivity index (χ4n) is 0.985. The summed E-state index contributed by atoms with van der Waals surface area (Å²) in [6, 6.07) is -0.919. The Bertz CT molecular complexity index is 213. The first-order valence-corrected chi connectivity index (χ1v) is 4.55. The zero-order chi connectivity index (χ0) is 11.3. The van der Waals surface area contributed by atoms with Crippen molar-refractivity contribution in [3.8, 4) is 0 Å². The minimum atomic E-state index is -1.18. The second-order valence-electron chi connectivity index (χ2n) is 3.70. The lowest BCUT2D eigenvalue weighted by Crippen LogP contribution is -2.45. The van der Waals surface area contributed by atoms with Crippen LogP contribution in [0.25, 0.3) is 0 Å². The van der Waals surface area contributed by atoms with Gasteiger partial charge in [-0.05, 0) is 19.3 Å². The Balaban J connectivity index is 4.23. The van der Waals surface area contributed by atoms with Crippen LogP contribution >= 0.6 is 0 Å². The molecule has 0 bridgehead atoms. The molecule has 2 unspecified atom stereocenters. The van der Waals surface area contributed by atoms with Gasteiger partial charge >= 0.3 is 5.97 Å². The molecule has 0 spiro atoms. The molecule has 0 heterocycles. The first-order valence-electron chi connectivity index (χ1n) is 4.55. The summed E-state index contributed by atoms with van der Waals surface area (Å²) >= 11 is 0. The van der Waals surface area contributed by atoms with E-state index in [4.69, 9.17) is 10.2 Å². The van der Waals surface area contributed by atoms with Crippen molar-refractivity contribution in [3.63, 3.8) is 0 Å². The summed E-state index contributed by atoms with van der Waals surface area (Å²) < 4.78 is 0. The van der Waals surface area contributed by atoms with Crippen LogP contribution in [0.5, 0.6) is 0 Å². The van der Waals surface area contributed by atoms with Gasteiger partial charge in [0.25, 0.3) is 0 Å². The van der Waals surface area contributed by atoms with Gasteiger partial charge in [0, 0.05) is 0 Å². The van der Waals surface area contributed by atoms with Crippen molar-refractivity contribution >= 4 is 11.9 Å². The molecule has 0 radical (unpaired) electrons. The number of rotatable bonds is 5. The fourth-order valence-corrected chi connectivity index (χ4v) is 0.985. The van der Waals surface area contributed by atoms with Crippen LogP contribution in [-0.2, 0) is 9.59 Å². The van der Waals surface area contributed by atoms with Crippen LogP contribution in [0.3, 0.4) is 0 Å². The van der Waals surface area contributed by atoms with E-state index < -0.39 is 24.0 Å². The summed E-state index contributed by atoms with van der Waals surface area (Å²) in [4.78, 5) is 21.7. The number of carboxylic acids is 1. The van der Waals surface area contributed by atoms with Crippen LogP contribution in [0.2, 0.25) is 0 Å². The minimum Gasteiger partial charge on any atom is -0.480 e. The molecular formula is C9H17NO4. The molecule has 0 aliphatic rings. The highest BCUT2D eigenvalue weighted by Gasteiger charge is 2.22. The molecule has 82 valence electrons. The molecule has 2 atom stereocenters. The Morgan fingerprint density at radius 3 is 2.07 bits per heavy atom. The van der Waals surface area contributed by atoms with Crippen molar-refractivity contribution in [2.75, 3.05) is 0 Å². The summed E-state index contributed by atoms with van der Waals surface area (Å²) in [6.45, 7) is 5.03. The molecule has 0 aromatic heterocycles. The molecule has 3 N–H and O–H groups in total. The number of amides is 1. The number of aliphatic hydroxyl groups excluding tert-OH is 1. The first kappa shape index (κ1) is 12.9. The average Bonchev–Trinajstić information content (AvgIpc) is 2.01. The number of aliphatic hydroxyl groups is 1. The Morgan fingerprint density at radius 2 is 1.79 bits per heavy atom. The zero-order valence-corrected chi connectivity index (χ0v) is 8.65. The van der Waals surface area contributed by atoms with Crippen LogP contribution in [0.1, 0.15) is 27.2 Å². The number of carbonyl (C=O) groups is 2. The van der Waals surface area contributed by atoms with Gasteiger partial charge in [-0.2, -0.15) is 0 Å². The van der Waals surface area contributed by atoms with Gasteiger partial charge < -0.3 is 15.5 Å². The Hall–Kier alpha value is -1.10. The van der Waals surface area contributed by atoms with Gasteiger partial charge in [0.05, 0.1) is 0 Å². The van der Waals surface area contributed by atoms with Gasteiger partial charge in [0.15, 0.2) is 0 Å². The van der Waals surface area contributed by atoms with Gasteiger partial charge in [0.1, 0.15) is 12.1 Å². The van der Waals surface area contributed by atoms with Crippen molar-refractivity contribution in [2.45, 2.75) is 39.3 Å². The number of hydrogen-bond donors (Lipinski definition) is 3. The third-order valence-electron chi connectivity index (χ3n) is 1.70. The topological polar surface area (TPSA) is 86.6 Å². The number of hydrogen-bond acceptors (Lipinski definition) is 3. The summed E-state index contributed by atoms with van der Waals surface area (Å²) in [5.74, 6) is -1.56. The third kappa shape index (κ3) is 4.81. The molecule has 0 aliphatic heterocycles. The van der Waals surface area contributed by atoms with Gasteiger partial charge in [-0.3, -0.25) is 4.79 Å². The van der Waals surface area contributed by atoms with Gasteiger partial charge in [0.2, 0.25) is 5.91 Å². The van der Waals surface area contributed by atoms with E-state index in [2.05, 4.69) is 5.32 Å². The quantitative estimate of drug-likeness (QED) is 0.586. The molecule has 0 aliphatic carbocycles. The highest BCUT2D eigenvalue weighted by molar-refractivity contribution is 5.85. The molecule has 0 saturated carbocycles. The summed E-state index contributed by atoms with van der Waals surface area (Å²) in [5, 5.41) is 19.9. The normalized spacial score (nSPS) is 14.9. The van der Waals surface area contributed by atoms with Crippen molar-refractivity contribution in [2.24, 2.45) is 5.92 Å². The van der Waals surface area contributed by atoms with Gasteiger partial charge in [-0.15, -0.1) is 0 Å². The lowest BCUT2D eigenvalue weighted by Gasteiger charge is -2.17. The molecular weight excluding hydrogens is 186 g/mol. The van der Waals surface area contributed by atoms with E-state index in [1.165, 1.54) is 6.92 Å². The number of aliphatic carboxylic acids is 1. The second-order valence-corrected chi connectivity index (χ2v) is 3.70. The van der Waals surface area contributed by atoms with E-state index in [9.17, 15) is 9.59 Å². The zero-order valence-electron chi connectivity index (χ0n) is 8.65. The molecule has 0 fully saturated rings. The maximum absolute atomic E-state index is 11.0. The maximum atomic E-state index is 11.0. The summed E-state index contributed by atoms with van der Waals surface area (Å²) in [5.41, 5.74) is 0. The number of nitrogens with one attached hydrogen (secondary N) is 1. The van der Waals surface area contributed by atoms with Crippen molar-refractivity contribution in [1.82, 2.24) is 5.32 Å². The maximum Gasteiger partial charge on any atom is 0.326 e. The predicted molar refractivity (Wildman–Crippen MR) is 50.7 cm³/mol. The van der Waals surface area contributed by atoms with Crippen LogP contribution in [0, 0.1) is 5.92 Å². The van der Waals surface area contributed by atoms with E-state index >= 15 is 0 Å². The summed E-state index contributed by atoms with van der Waals surface area (Å²) in [6.07, 6.45) is -0.822. The second kappa shape index (κ2) is 5.59. The SMILES string of the molecule is CC(C)CC(NC(=O)C(C)O)C(=O)O. The van der Waals surface area contributed by atoms with Crippen LogP contribution in [0.4, 0.5) is 0 Å².